The molecule has 4 nitrogen and oxygen atoms in total. The van der Waals surface area contributed by atoms with Crippen LogP contribution in [-0.2, 0) is 14.3 Å². The minimum absolute atomic E-state index is 0.103. The minimum atomic E-state index is -0.515. The molecule has 0 unspecified atom stereocenters. The highest BCUT2D eigenvalue weighted by molar-refractivity contribution is 5.94. The summed E-state index contributed by atoms with van der Waals surface area (Å²) in [7, 11) is 0. The van der Waals surface area contributed by atoms with E-state index in [4.69, 9.17) is 4.74 Å². The molecular weight excluding hydrogens is 206 g/mol. The fourth-order valence-electron chi connectivity index (χ4n) is 1.76. The summed E-state index contributed by atoms with van der Waals surface area (Å²) in [5.41, 5.74) is -0.515. The molecule has 4 heteroatoms. The fourth-order valence-corrected chi connectivity index (χ4v) is 1.76. The second-order valence-electron chi connectivity index (χ2n) is 5.20. The van der Waals surface area contributed by atoms with Gasteiger partial charge in [0.05, 0.1) is 0 Å². The molecule has 1 rings (SSSR count). The molecule has 16 heavy (non-hydrogen) atoms. The van der Waals surface area contributed by atoms with Gasteiger partial charge in [-0.05, 0) is 40.0 Å². The quantitative estimate of drug-likeness (QED) is 0.533. The smallest absolute Gasteiger partial charge is 0.315 e. The lowest BCUT2D eigenvalue weighted by Crippen LogP contribution is -2.37. The van der Waals surface area contributed by atoms with Crippen molar-refractivity contribution >= 4 is 11.9 Å². The maximum Gasteiger partial charge on any atom is 0.315 e. The van der Waals surface area contributed by atoms with Gasteiger partial charge >= 0.3 is 5.97 Å². The van der Waals surface area contributed by atoms with Crippen LogP contribution in [0.3, 0.4) is 0 Å². The largest absolute Gasteiger partial charge is 0.460 e. The molecule has 0 N–H and O–H groups in total. The van der Waals surface area contributed by atoms with Gasteiger partial charge in [0.15, 0.2) is 0 Å². The van der Waals surface area contributed by atoms with Crippen LogP contribution in [0.5, 0.6) is 0 Å². The zero-order chi connectivity index (χ0) is 12.2. The topological polar surface area (TPSA) is 46.6 Å². The van der Waals surface area contributed by atoms with Gasteiger partial charge in [-0.3, -0.25) is 9.59 Å². The van der Waals surface area contributed by atoms with Gasteiger partial charge in [-0.25, -0.2) is 0 Å². The van der Waals surface area contributed by atoms with Crippen molar-refractivity contribution in [2.24, 2.45) is 0 Å². The van der Waals surface area contributed by atoms with E-state index in [0.29, 0.717) is 0 Å². The number of hydrogen-bond acceptors (Lipinski definition) is 3. The van der Waals surface area contributed by atoms with E-state index in [2.05, 4.69) is 0 Å². The zero-order valence-corrected chi connectivity index (χ0v) is 10.4. The molecule has 0 aromatic heterocycles. The van der Waals surface area contributed by atoms with Crippen molar-refractivity contribution < 1.29 is 14.3 Å². The van der Waals surface area contributed by atoms with E-state index in [0.717, 1.165) is 25.9 Å². The second kappa shape index (κ2) is 5.32. The monoisotopic (exact) mass is 227 g/mol. The maximum atomic E-state index is 11.7. The van der Waals surface area contributed by atoms with Crippen molar-refractivity contribution in [3.05, 3.63) is 0 Å². The Morgan fingerprint density at radius 2 is 1.69 bits per heavy atom. The SMILES string of the molecule is CC(C)(C)OC(=O)CC(=O)N1CCCCC1. The first kappa shape index (κ1) is 13.0. The summed E-state index contributed by atoms with van der Waals surface area (Å²) in [5, 5.41) is 0. The predicted molar refractivity (Wildman–Crippen MR) is 60.9 cm³/mol. The molecule has 0 aromatic carbocycles. The molecule has 1 fully saturated rings. The molecule has 92 valence electrons. The average Bonchev–Trinajstić information content (AvgIpc) is 2.16. The van der Waals surface area contributed by atoms with Crippen molar-refractivity contribution in [1.82, 2.24) is 4.90 Å². The van der Waals surface area contributed by atoms with E-state index in [-0.39, 0.29) is 12.3 Å². The van der Waals surface area contributed by atoms with Crippen LogP contribution in [0.25, 0.3) is 0 Å². The summed E-state index contributed by atoms with van der Waals surface area (Å²) in [6.45, 7) is 6.96. The van der Waals surface area contributed by atoms with E-state index < -0.39 is 11.6 Å². The van der Waals surface area contributed by atoms with E-state index in [1.165, 1.54) is 6.42 Å². The first-order valence-corrected chi connectivity index (χ1v) is 5.88. The van der Waals surface area contributed by atoms with Gasteiger partial charge < -0.3 is 9.64 Å². The van der Waals surface area contributed by atoms with E-state index in [1.54, 1.807) is 25.7 Å². The van der Waals surface area contributed by atoms with Crippen molar-refractivity contribution in [2.45, 2.75) is 52.1 Å². The van der Waals surface area contributed by atoms with Gasteiger partial charge in [0.2, 0.25) is 5.91 Å². The lowest BCUT2D eigenvalue weighted by atomic mass is 10.1. The molecule has 0 aromatic rings. The molecule has 1 heterocycles. The lowest BCUT2D eigenvalue weighted by molar-refractivity contribution is -0.158. The Hall–Kier alpha value is -1.06. The zero-order valence-electron chi connectivity index (χ0n) is 10.4. The van der Waals surface area contributed by atoms with E-state index >= 15 is 0 Å². The predicted octanol–water partition coefficient (Wildman–Crippen LogP) is 1.73. The standard InChI is InChI=1S/C12H21NO3/c1-12(2,3)16-11(15)9-10(14)13-7-5-4-6-8-13/h4-9H2,1-3H3. The van der Waals surface area contributed by atoms with Gasteiger partial charge in [0, 0.05) is 13.1 Å². The number of rotatable bonds is 2. The Balaban J connectivity index is 2.35. The van der Waals surface area contributed by atoms with Gasteiger partial charge in [0.1, 0.15) is 12.0 Å². The number of ether oxygens (including phenoxy) is 1. The maximum absolute atomic E-state index is 11.7. The Bertz CT molecular complexity index is 262. The molecule has 0 bridgehead atoms. The fraction of sp³-hybridized carbons (Fsp3) is 0.833. The summed E-state index contributed by atoms with van der Waals surface area (Å²) in [5.74, 6) is -0.531. The summed E-state index contributed by atoms with van der Waals surface area (Å²) in [6.07, 6.45) is 3.13. The Labute approximate surface area is 96.9 Å². The van der Waals surface area contributed by atoms with Gasteiger partial charge in [-0.1, -0.05) is 0 Å². The van der Waals surface area contributed by atoms with Crippen LogP contribution in [0.4, 0.5) is 0 Å². The molecule has 0 radical (unpaired) electrons. The highest BCUT2D eigenvalue weighted by atomic mass is 16.6. The molecule has 1 aliphatic rings. The highest BCUT2D eigenvalue weighted by Gasteiger charge is 2.23. The first-order valence-electron chi connectivity index (χ1n) is 5.88. The van der Waals surface area contributed by atoms with Crippen molar-refractivity contribution in [1.29, 1.82) is 0 Å². The lowest BCUT2D eigenvalue weighted by Gasteiger charge is -2.27. The van der Waals surface area contributed by atoms with Crippen LogP contribution in [0, 0.1) is 0 Å². The molecule has 1 saturated heterocycles. The summed E-state index contributed by atoms with van der Waals surface area (Å²) >= 11 is 0. The Morgan fingerprint density at radius 3 is 2.19 bits per heavy atom. The third-order valence-corrected chi connectivity index (χ3v) is 2.42. The van der Waals surface area contributed by atoms with Crippen molar-refractivity contribution in [3.8, 4) is 0 Å². The molecule has 0 atom stereocenters. The van der Waals surface area contributed by atoms with Gasteiger partial charge in [0.25, 0.3) is 0 Å². The number of likely N-dealkylation sites (tertiary alicyclic amines) is 1. The van der Waals surface area contributed by atoms with Crippen molar-refractivity contribution in [3.63, 3.8) is 0 Å². The molecule has 0 spiro atoms. The first-order chi connectivity index (χ1) is 7.38. The third kappa shape index (κ3) is 4.64. The Kier molecular flexibility index (Phi) is 4.33. The summed E-state index contributed by atoms with van der Waals surface area (Å²) in [4.78, 5) is 24.9. The number of nitrogens with zero attached hydrogens (tertiary/aromatic N) is 1. The number of hydrogen-bond donors (Lipinski definition) is 0. The van der Waals surface area contributed by atoms with Crippen LogP contribution in [0.2, 0.25) is 0 Å². The number of esters is 1. The van der Waals surface area contributed by atoms with Gasteiger partial charge in [-0.2, -0.15) is 0 Å². The van der Waals surface area contributed by atoms with Crippen LogP contribution in [0.1, 0.15) is 46.5 Å². The number of carbonyl (C=O) groups is 2. The normalized spacial score (nSPS) is 17.1. The molecule has 1 amide bonds. The number of amides is 1. The average molecular weight is 227 g/mol. The van der Waals surface area contributed by atoms with E-state index in [9.17, 15) is 9.59 Å². The molecule has 0 saturated carbocycles. The molecule has 1 aliphatic heterocycles. The highest BCUT2D eigenvalue weighted by Crippen LogP contribution is 2.12. The van der Waals surface area contributed by atoms with Crippen LogP contribution < -0.4 is 0 Å². The number of piperidine rings is 1. The summed E-state index contributed by atoms with van der Waals surface area (Å²) in [6, 6.07) is 0. The van der Waals surface area contributed by atoms with Crippen molar-refractivity contribution in [2.75, 3.05) is 13.1 Å². The number of carbonyl (C=O) groups excluding carboxylic acids is 2. The minimum Gasteiger partial charge on any atom is -0.460 e. The van der Waals surface area contributed by atoms with Crippen LogP contribution >= 0.6 is 0 Å². The second-order valence-corrected chi connectivity index (χ2v) is 5.20. The molecular formula is C12H21NO3. The van der Waals surface area contributed by atoms with Crippen LogP contribution in [-0.4, -0.2) is 35.5 Å². The van der Waals surface area contributed by atoms with Crippen LogP contribution in [0.15, 0.2) is 0 Å². The summed E-state index contributed by atoms with van der Waals surface area (Å²) < 4.78 is 5.11. The molecule has 0 aliphatic carbocycles. The Morgan fingerprint density at radius 1 is 1.12 bits per heavy atom. The van der Waals surface area contributed by atoms with Gasteiger partial charge in [-0.15, -0.1) is 0 Å². The third-order valence-electron chi connectivity index (χ3n) is 2.42. The van der Waals surface area contributed by atoms with E-state index in [1.807, 2.05) is 0 Å².